The molecule has 0 aromatic carbocycles. The van der Waals surface area contributed by atoms with Gasteiger partial charge in [-0.25, -0.2) is 0 Å². The second-order valence-electron chi connectivity index (χ2n) is 23.1. The Morgan fingerprint density at radius 3 is 0.759 bits per heavy atom. The SMILES string of the molecule is CC/C=C\C/C=C\C/C=C\C/C=C\C/C=C\C/C=C\C/C=C\C/C=C\C/C=C\CCCCCC(=O)OCC(COC(=O)CCCCCCC/C=C\CCCCCCCC)OC(=O)CCCCCCCCCCCCCCCCCCCCC. The van der Waals surface area contributed by atoms with Gasteiger partial charge >= 0.3 is 17.9 Å². The van der Waals surface area contributed by atoms with Crippen molar-refractivity contribution in [1.29, 1.82) is 0 Å². The molecule has 0 aliphatic rings. The highest BCUT2D eigenvalue weighted by Gasteiger charge is 2.19. The molecule has 0 radical (unpaired) electrons. The summed E-state index contributed by atoms with van der Waals surface area (Å²) >= 11 is 0. The monoisotopic (exact) mass is 1150 g/mol. The van der Waals surface area contributed by atoms with Gasteiger partial charge < -0.3 is 14.2 Å². The summed E-state index contributed by atoms with van der Waals surface area (Å²) in [6, 6.07) is 0. The van der Waals surface area contributed by atoms with Crippen LogP contribution >= 0.6 is 0 Å². The van der Waals surface area contributed by atoms with E-state index >= 15 is 0 Å². The summed E-state index contributed by atoms with van der Waals surface area (Å²) in [5.74, 6) is -0.921. The average molecular weight is 1150 g/mol. The first kappa shape index (κ1) is 78.8. The topological polar surface area (TPSA) is 78.9 Å². The van der Waals surface area contributed by atoms with E-state index in [1.54, 1.807) is 0 Å². The van der Waals surface area contributed by atoms with Gasteiger partial charge in [0.1, 0.15) is 13.2 Å². The van der Waals surface area contributed by atoms with E-state index in [4.69, 9.17) is 14.2 Å². The number of unbranched alkanes of at least 4 members (excludes halogenated alkanes) is 32. The van der Waals surface area contributed by atoms with E-state index in [1.165, 1.54) is 161 Å². The van der Waals surface area contributed by atoms with Gasteiger partial charge in [-0.1, -0.05) is 316 Å². The van der Waals surface area contributed by atoms with Crippen LogP contribution in [0.15, 0.2) is 122 Å². The Hall–Kier alpha value is -4.19. The van der Waals surface area contributed by atoms with Gasteiger partial charge in [0.05, 0.1) is 0 Å². The van der Waals surface area contributed by atoms with E-state index in [-0.39, 0.29) is 31.1 Å². The predicted molar refractivity (Wildman–Crippen MR) is 362 cm³/mol. The van der Waals surface area contributed by atoms with Crippen LogP contribution < -0.4 is 0 Å². The minimum absolute atomic E-state index is 0.0919. The molecule has 1 unspecified atom stereocenters. The van der Waals surface area contributed by atoms with Crippen molar-refractivity contribution in [2.45, 2.75) is 335 Å². The van der Waals surface area contributed by atoms with Crippen molar-refractivity contribution in [3.63, 3.8) is 0 Å². The quantitative estimate of drug-likeness (QED) is 0.0261. The number of allylic oxidation sites excluding steroid dienone is 20. The molecule has 6 nitrogen and oxygen atoms in total. The summed E-state index contributed by atoms with van der Waals surface area (Å²) in [5, 5.41) is 0. The largest absolute Gasteiger partial charge is 0.462 e. The fourth-order valence-electron chi connectivity index (χ4n) is 9.73. The lowest BCUT2D eigenvalue weighted by molar-refractivity contribution is -0.167. The van der Waals surface area contributed by atoms with Gasteiger partial charge in [0, 0.05) is 19.3 Å². The van der Waals surface area contributed by atoms with Crippen molar-refractivity contribution in [3.8, 4) is 0 Å². The van der Waals surface area contributed by atoms with Gasteiger partial charge in [-0.15, -0.1) is 0 Å². The van der Waals surface area contributed by atoms with Gasteiger partial charge in [0.2, 0.25) is 0 Å². The van der Waals surface area contributed by atoms with Gasteiger partial charge in [-0.05, 0) is 116 Å². The molecule has 0 aromatic rings. The number of ether oxygens (including phenoxy) is 3. The van der Waals surface area contributed by atoms with E-state index in [9.17, 15) is 14.4 Å². The molecule has 0 saturated carbocycles. The van der Waals surface area contributed by atoms with Gasteiger partial charge in [0.15, 0.2) is 6.10 Å². The molecule has 0 aromatic heterocycles. The molecule has 6 heteroatoms. The van der Waals surface area contributed by atoms with Crippen LogP contribution in [0, 0.1) is 0 Å². The zero-order valence-corrected chi connectivity index (χ0v) is 54.4. The average Bonchev–Trinajstić information content (AvgIpc) is 3.49. The number of esters is 3. The zero-order chi connectivity index (χ0) is 59.9. The molecule has 0 heterocycles. The molecule has 1 atom stereocenters. The van der Waals surface area contributed by atoms with Crippen molar-refractivity contribution in [2.24, 2.45) is 0 Å². The molecule has 0 bridgehead atoms. The fourth-order valence-corrected chi connectivity index (χ4v) is 9.73. The van der Waals surface area contributed by atoms with Crippen LogP contribution in [0.2, 0.25) is 0 Å². The van der Waals surface area contributed by atoms with E-state index in [0.717, 1.165) is 128 Å². The molecule has 0 N–H and O–H groups in total. The first-order valence-corrected chi connectivity index (χ1v) is 35.0. The smallest absolute Gasteiger partial charge is 0.306 e. The van der Waals surface area contributed by atoms with E-state index in [1.807, 2.05) is 0 Å². The third-order valence-electron chi connectivity index (χ3n) is 15.0. The van der Waals surface area contributed by atoms with Crippen molar-refractivity contribution in [2.75, 3.05) is 13.2 Å². The fraction of sp³-hybridized carbons (Fsp3) is 0.701. The minimum atomic E-state index is -0.798. The molecule has 474 valence electrons. The highest BCUT2D eigenvalue weighted by molar-refractivity contribution is 5.71. The molecule has 0 aliphatic carbocycles. The van der Waals surface area contributed by atoms with Gasteiger partial charge in [-0.2, -0.15) is 0 Å². The summed E-state index contributed by atoms with van der Waals surface area (Å²) in [6.07, 6.45) is 97.9. The van der Waals surface area contributed by atoms with Crippen LogP contribution in [0.1, 0.15) is 329 Å². The molecule has 0 rings (SSSR count). The zero-order valence-electron chi connectivity index (χ0n) is 54.4. The van der Waals surface area contributed by atoms with Crippen molar-refractivity contribution in [1.82, 2.24) is 0 Å². The van der Waals surface area contributed by atoms with Crippen molar-refractivity contribution in [3.05, 3.63) is 122 Å². The van der Waals surface area contributed by atoms with Crippen LogP contribution in [0.5, 0.6) is 0 Å². The third-order valence-corrected chi connectivity index (χ3v) is 15.0. The van der Waals surface area contributed by atoms with Gasteiger partial charge in [0.25, 0.3) is 0 Å². The molecular weight excluding hydrogens is 1020 g/mol. The number of carbonyl (C=O) groups is 3. The molecule has 0 fully saturated rings. The number of hydrogen-bond donors (Lipinski definition) is 0. The first-order valence-electron chi connectivity index (χ1n) is 35.0. The third kappa shape index (κ3) is 68.5. The van der Waals surface area contributed by atoms with E-state index in [0.29, 0.717) is 19.3 Å². The summed E-state index contributed by atoms with van der Waals surface area (Å²) in [4.78, 5) is 38.4. The van der Waals surface area contributed by atoms with Crippen LogP contribution in [0.4, 0.5) is 0 Å². The highest BCUT2D eigenvalue weighted by Crippen LogP contribution is 2.17. The van der Waals surface area contributed by atoms with Crippen LogP contribution in [0.3, 0.4) is 0 Å². The summed E-state index contributed by atoms with van der Waals surface area (Å²) < 4.78 is 16.9. The summed E-state index contributed by atoms with van der Waals surface area (Å²) in [6.45, 7) is 6.52. The molecule has 0 saturated heterocycles. The Bertz CT molecular complexity index is 1700. The molecule has 0 spiro atoms. The Labute approximate surface area is 513 Å². The number of carbonyl (C=O) groups excluding carboxylic acids is 3. The first-order chi connectivity index (χ1) is 41.0. The Morgan fingerprint density at radius 2 is 0.470 bits per heavy atom. The Kier molecular flexibility index (Phi) is 66.7. The second-order valence-corrected chi connectivity index (χ2v) is 23.1. The second kappa shape index (κ2) is 70.3. The summed E-state index contributed by atoms with van der Waals surface area (Å²) in [7, 11) is 0. The molecule has 0 aliphatic heterocycles. The van der Waals surface area contributed by atoms with Crippen molar-refractivity contribution < 1.29 is 28.6 Å². The summed E-state index contributed by atoms with van der Waals surface area (Å²) in [5.41, 5.74) is 0. The number of rotatable bonds is 63. The number of hydrogen-bond acceptors (Lipinski definition) is 6. The molecule has 83 heavy (non-hydrogen) atoms. The molecule has 0 amide bonds. The highest BCUT2D eigenvalue weighted by atomic mass is 16.6. The standard InChI is InChI=1S/C77H130O6/c1-4-7-10-13-16-19-22-25-28-30-32-33-34-35-36-37-38-39-40-41-42-43-45-46-49-52-55-58-61-64-67-70-76(79)82-73-74(72-81-75(78)69-66-63-60-57-54-51-48-27-24-21-18-15-12-9-6-3)83-77(80)71-68-65-62-59-56-53-50-47-44-31-29-26-23-20-17-14-11-8-5-2/h7,10,16,19,25,27-28,32-33,35-36,38-39,41-42,45-46,48,52,55,74H,4-6,8-9,11-15,17-18,20-24,26,29-31,34,37,40,43-44,47,49-51,53-54,56-73H2,1-3H3/b10-7-,19-16-,28-25-,33-32-,36-35-,39-38-,42-41-,46-45-,48-27-,55-52-. The van der Waals surface area contributed by atoms with Crippen molar-refractivity contribution >= 4 is 17.9 Å². The normalized spacial score (nSPS) is 12.9. The minimum Gasteiger partial charge on any atom is -0.462 e. The van der Waals surface area contributed by atoms with Gasteiger partial charge in [-0.3, -0.25) is 14.4 Å². The predicted octanol–water partition coefficient (Wildman–Crippen LogP) is 24.3. The lowest BCUT2D eigenvalue weighted by atomic mass is 10.0. The lowest BCUT2D eigenvalue weighted by Gasteiger charge is -2.18. The Balaban J connectivity index is 4.40. The lowest BCUT2D eigenvalue weighted by Crippen LogP contribution is -2.30. The van der Waals surface area contributed by atoms with Crippen LogP contribution in [-0.4, -0.2) is 37.2 Å². The van der Waals surface area contributed by atoms with Crippen LogP contribution in [-0.2, 0) is 28.6 Å². The Morgan fingerprint density at radius 1 is 0.253 bits per heavy atom. The van der Waals surface area contributed by atoms with Crippen LogP contribution in [0.25, 0.3) is 0 Å². The maximum atomic E-state index is 12.9. The maximum Gasteiger partial charge on any atom is 0.306 e. The molecular formula is C77H130O6. The van der Waals surface area contributed by atoms with E-state index < -0.39 is 6.10 Å². The maximum absolute atomic E-state index is 12.9. The van der Waals surface area contributed by atoms with E-state index in [2.05, 4.69) is 142 Å².